The molecule has 33 heavy (non-hydrogen) atoms. The molecule has 0 unspecified atom stereocenters. The first-order chi connectivity index (χ1) is 15.7. The van der Waals surface area contributed by atoms with Crippen molar-refractivity contribution in [1.29, 1.82) is 0 Å². The minimum atomic E-state index is -3.75. The molecule has 11 heteroatoms. The summed E-state index contributed by atoms with van der Waals surface area (Å²) in [6.07, 6.45) is 1.10. The topological polar surface area (TPSA) is 113 Å². The lowest BCUT2D eigenvalue weighted by Gasteiger charge is -2.27. The molecule has 1 amide bonds. The zero-order valence-electron chi connectivity index (χ0n) is 18.4. The van der Waals surface area contributed by atoms with Gasteiger partial charge in [-0.15, -0.1) is 0 Å². The third kappa shape index (κ3) is 4.91. The quantitative estimate of drug-likeness (QED) is 0.659. The molecule has 9 nitrogen and oxygen atoms in total. The van der Waals surface area contributed by atoms with Crippen LogP contribution in [0.2, 0.25) is 0 Å². The summed E-state index contributed by atoms with van der Waals surface area (Å²) >= 11 is 0. The van der Waals surface area contributed by atoms with Crippen molar-refractivity contribution in [2.45, 2.75) is 24.7 Å². The van der Waals surface area contributed by atoms with Crippen molar-refractivity contribution < 1.29 is 26.4 Å². The van der Waals surface area contributed by atoms with Gasteiger partial charge in [0.1, 0.15) is 0 Å². The molecule has 0 radical (unpaired) electrons. The fourth-order valence-corrected chi connectivity index (χ4v) is 7.29. The summed E-state index contributed by atoms with van der Waals surface area (Å²) in [5, 5.41) is 2.76. The van der Waals surface area contributed by atoms with Crippen molar-refractivity contribution in [3.8, 4) is 0 Å². The minimum absolute atomic E-state index is 0.133. The molecule has 2 saturated heterocycles. The van der Waals surface area contributed by atoms with Crippen molar-refractivity contribution in [3.63, 3.8) is 0 Å². The van der Waals surface area contributed by atoms with Gasteiger partial charge in [0.25, 0.3) is 5.91 Å². The predicted octanol–water partition coefficient (Wildman–Crippen LogP) is 2.06. The highest BCUT2D eigenvalue weighted by atomic mass is 32.2. The number of benzene rings is 2. The Labute approximate surface area is 194 Å². The highest BCUT2D eigenvalue weighted by molar-refractivity contribution is 7.93. The number of morpholine rings is 1. The van der Waals surface area contributed by atoms with Gasteiger partial charge in [-0.05, 0) is 54.8 Å². The van der Waals surface area contributed by atoms with Gasteiger partial charge in [0, 0.05) is 30.9 Å². The maximum absolute atomic E-state index is 13.2. The van der Waals surface area contributed by atoms with E-state index in [9.17, 15) is 21.6 Å². The van der Waals surface area contributed by atoms with Crippen LogP contribution >= 0.6 is 0 Å². The number of nitrogens with one attached hydrogen (secondary N) is 1. The zero-order valence-corrected chi connectivity index (χ0v) is 20.0. The molecule has 2 fully saturated rings. The maximum Gasteiger partial charge on any atom is 0.255 e. The minimum Gasteiger partial charge on any atom is -0.379 e. The van der Waals surface area contributed by atoms with Gasteiger partial charge in [-0.25, -0.2) is 16.8 Å². The summed E-state index contributed by atoms with van der Waals surface area (Å²) < 4.78 is 58.6. The molecular formula is C22H27N3O6S2. The fourth-order valence-electron chi connectivity index (χ4n) is 4.00. The number of hydrogen-bond donors (Lipinski definition) is 1. The van der Waals surface area contributed by atoms with Gasteiger partial charge in [0.05, 0.1) is 29.5 Å². The highest BCUT2D eigenvalue weighted by Gasteiger charge is 2.30. The van der Waals surface area contributed by atoms with E-state index < -0.39 is 26.0 Å². The van der Waals surface area contributed by atoms with Crippen LogP contribution < -0.4 is 9.62 Å². The standard InChI is InChI=1S/C22H27N3O6S2/c1-2-17-4-5-18(16-21(17)33(29,30)24-11-13-31-14-12-24)22(26)23-19-6-8-20(9-7-19)25-10-3-15-32(25,27)28/h4-9,16H,2-3,10-15H2,1H3,(H,23,26). The van der Waals surface area contributed by atoms with E-state index in [1.54, 1.807) is 36.4 Å². The summed E-state index contributed by atoms with van der Waals surface area (Å²) in [5.41, 5.74) is 1.91. The van der Waals surface area contributed by atoms with Gasteiger partial charge >= 0.3 is 0 Å². The summed E-state index contributed by atoms with van der Waals surface area (Å²) in [6, 6.07) is 11.3. The van der Waals surface area contributed by atoms with Crippen molar-refractivity contribution in [2.24, 2.45) is 0 Å². The lowest BCUT2D eigenvalue weighted by atomic mass is 10.1. The van der Waals surface area contributed by atoms with Crippen LogP contribution in [0, 0.1) is 0 Å². The van der Waals surface area contributed by atoms with Gasteiger partial charge in [-0.2, -0.15) is 4.31 Å². The van der Waals surface area contributed by atoms with E-state index in [-0.39, 0.29) is 29.3 Å². The highest BCUT2D eigenvalue weighted by Crippen LogP contribution is 2.27. The second kappa shape index (κ2) is 9.41. The molecule has 0 aromatic heterocycles. The Morgan fingerprint density at radius 2 is 1.76 bits per heavy atom. The van der Waals surface area contributed by atoms with E-state index in [2.05, 4.69) is 5.32 Å². The molecule has 0 bridgehead atoms. The average molecular weight is 494 g/mol. The second-order valence-corrected chi connectivity index (χ2v) is 11.9. The van der Waals surface area contributed by atoms with Crippen LogP contribution in [0.5, 0.6) is 0 Å². The Bertz CT molecular complexity index is 1240. The van der Waals surface area contributed by atoms with Crippen LogP contribution in [0.1, 0.15) is 29.3 Å². The van der Waals surface area contributed by atoms with Crippen LogP contribution in [0.4, 0.5) is 11.4 Å². The van der Waals surface area contributed by atoms with Crippen LogP contribution in [0.3, 0.4) is 0 Å². The molecule has 0 atom stereocenters. The number of sulfonamides is 2. The first-order valence-corrected chi connectivity index (χ1v) is 13.9. The van der Waals surface area contributed by atoms with Crippen molar-refractivity contribution in [1.82, 2.24) is 4.31 Å². The lowest BCUT2D eigenvalue weighted by molar-refractivity contribution is 0.0730. The van der Waals surface area contributed by atoms with E-state index in [0.717, 1.165) is 0 Å². The SMILES string of the molecule is CCc1ccc(C(=O)Nc2ccc(N3CCCS3(=O)=O)cc2)cc1S(=O)(=O)N1CCOCC1. The largest absolute Gasteiger partial charge is 0.379 e. The molecule has 1 N–H and O–H groups in total. The van der Waals surface area contributed by atoms with Crippen molar-refractivity contribution in [2.75, 3.05) is 48.2 Å². The molecule has 0 aliphatic carbocycles. The Morgan fingerprint density at radius 3 is 2.36 bits per heavy atom. The van der Waals surface area contributed by atoms with Crippen molar-refractivity contribution >= 4 is 37.3 Å². The van der Waals surface area contributed by atoms with Crippen LogP contribution in [-0.2, 0) is 31.2 Å². The van der Waals surface area contributed by atoms with E-state index in [4.69, 9.17) is 4.74 Å². The molecule has 2 aromatic rings. The number of anilines is 2. The number of amides is 1. The summed E-state index contributed by atoms with van der Waals surface area (Å²) in [4.78, 5) is 13.0. The molecule has 0 spiro atoms. The number of hydrogen-bond acceptors (Lipinski definition) is 6. The van der Waals surface area contributed by atoms with Crippen molar-refractivity contribution in [3.05, 3.63) is 53.6 Å². The number of carbonyl (C=O) groups is 1. The van der Waals surface area contributed by atoms with Crippen LogP contribution in [0.15, 0.2) is 47.4 Å². The molecule has 2 aliphatic heterocycles. The van der Waals surface area contributed by atoms with Gasteiger partial charge in [0.2, 0.25) is 20.0 Å². The number of nitrogens with zero attached hydrogens (tertiary/aromatic N) is 2. The molecule has 178 valence electrons. The molecule has 4 rings (SSSR count). The zero-order chi connectivity index (χ0) is 23.6. The smallest absolute Gasteiger partial charge is 0.255 e. The Balaban J connectivity index is 1.54. The van der Waals surface area contributed by atoms with Crippen LogP contribution in [0.25, 0.3) is 0 Å². The maximum atomic E-state index is 13.2. The first-order valence-electron chi connectivity index (χ1n) is 10.8. The average Bonchev–Trinajstić information content (AvgIpc) is 3.18. The second-order valence-electron chi connectivity index (χ2n) is 7.94. The third-order valence-corrected chi connectivity index (χ3v) is 9.66. The number of rotatable bonds is 6. The molecule has 2 heterocycles. The van der Waals surface area contributed by atoms with E-state index >= 15 is 0 Å². The Kier molecular flexibility index (Phi) is 6.76. The molecule has 2 aromatic carbocycles. The van der Waals surface area contributed by atoms with E-state index in [1.165, 1.54) is 14.7 Å². The Hall–Kier alpha value is -2.47. The number of ether oxygens (including phenoxy) is 1. The third-order valence-electron chi connectivity index (χ3n) is 5.81. The van der Waals surface area contributed by atoms with Gasteiger partial charge in [0.15, 0.2) is 0 Å². The molecular weight excluding hydrogens is 466 g/mol. The van der Waals surface area contributed by atoms with E-state index in [0.29, 0.717) is 49.5 Å². The summed E-state index contributed by atoms with van der Waals surface area (Å²) in [5.74, 6) is -0.313. The number of aryl methyl sites for hydroxylation is 1. The molecule has 2 aliphatic rings. The predicted molar refractivity (Wildman–Crippen MR) is 126 cm³/mol. The van der Waals surface area contributed by atoms with Gasteiger partial charge in [-0.1, -0.05) is 13.0 Å². The summed E-state index contributed by atoms with van der Waals surface area (Å²) in [7, 11) is -7.03. The van der Waals surface area contributed by atoms with Crippen LogP contribution in [-0.4, -0.2) is 65.6 Å². The Morgan fingerprint density at radius 1 is 1.06 bits per heavy atom. The lowest BCUT2D eigenvalue weighted by Crippen LogP contribution is -2.41. The van der Waals surface area contributed by atoms with Gasteiger partial charge < -0.3 is 10.1 Å². The summed E-state index contributed by atoms with van der Waals surface area (Å²) in [6.45, 7) is 3.56. The number of carbonyl (C=O) groups excluding carboxylic acids is 1. The monoisotopic (exact) mass is 493 g/mol. The fraction of sp³-hybridized carbons (Fsp3) is 0.409. The normalized spacial score (nSPS) is 18.9. The molecule has 0 saturated carbocycles. The van der Waals surface area contributed by atoms with E-state index in [1.807, 2.05) is 6.92 Å². The van der Waals surface area contributed by atoms with Gasteiger partial charge in [-0.3, -0.25) is 9.10 Å². The first kappa shape index (κ1) is 23.7.